The maximum Gasteiger partial charge on any atom is 0.0997 e. The third-order valence-corrected chi connectivity index (χ3v) is 3.34. The molecule has 0 bridgehead atoms. The molecule has 4 heteroatoms. The van der Waals surface area contributed by atoms with Gasteiger partial charge in [0.05, 0.1) is 24.3 Å². The summed E-state index contributed by atoms with van der Waals surface area (Å²) in [6.07, 6.45) is 1.81. The normalized spacial score (nSPS) is 10.8. The third-order valence-electron chi connectivity index (χ3n) is 2.71. The lowest BCUT2D eigenvalue weighted by atomic mass is 10.2. The number of imidazole rings is 1. The molecule has 0 aliphatic carbocycles. The van der Waals surface area contributed by atoms with Crippen LogP contribution in [0.25, 0.3) is 5.69 Å². The highest BCUT2D eigenvalue weighted by Gasteiger charge is 2.07. The number of hydrogen-bond acceptors (Lipinski definition) is 2. The van der Waals surface area contributed by atoms with Crippen LogP contribution >= 0.6 is 15.9 Å². The van der Waals surface area contributed by atoms with Crippen LogP contribution in [0.4, 0.5) is 0 Å². The van der Waals surface area contributed by atoms with Crippen molar-refractivity contribution in [1.29, 1.82) is 0 Å². The fourth-order valence-corrected chi connectivity index (χ4v) is 2.20. The minimum Gasteiger partial charge on any atom is -0.392 e. The second-order valence-corrected chi connectivity index (χ2v) is 4.58. The first-order valence-electron chi connectivity index (χ1n) is 5.03. The van der Waals surface area contributed by atoms with E-state index in [1.54, 1.807) is 0 Å². The molecule has 0 fully saturated rings. The Morgan fingerprint density at radius 1 is 1.38 bits per heavy atom. The van der Waals surface area contributed by atoms with Gasteiger partial charge in [0.1, 0.15) is 0 Å². The second-order valence-electron chi connectivity index (χ2n) is 3.73. The maximum absolute atomic E-state index is 9.04. The van der Waals surface area contributed by atoms with E-state index in [-0.39, 0.29) is 6.61 Å². The molecule has 1 aromatic carbocycles. The summed E-state index contributed by atoms with van der Waals surface area (Å²) in [5.41, 5.74) is 4.08. The Bertz CT molecular complexity index is 520. The van der Waals surface area contributed by atoms with E-state index in [1.165, 1.54) is 0 Å². The molecule has 0 spiro atoms. The van der Waals surface area contributed by atoms with E-state index >= 15 is 0 Å². The van der Waals surface area contributed by atoms with Crippen molar-refractivity contribution in [2.24, 2.45) is 0 Å². The highest BCUT2D eigenvalue weighted by Crippen LogP contribution is 2.24. The lowest BCUT2D eigenvalue weighted by Gasteiger charge is -2.09. The van der Waals surface area contributed by atoms with E-state index in [4.69, 9.17) is 5.11 Å². The standard InChI is InChI=1S/C12H13BrN2O/c1-8-9(2)15(7-14-8)12-4-3-10(6-16)5-11(12)13/h3-5,7,16H,6H2,1-2H3. The van der Waals surface area contributed by atoms with Gasteiger partial charge in [-0.05, 0) is 47.5 Å². The molecule has 0 radical (unpaired) electrons. The molecule has 0 saturated heterocycles. The monoisotopic (exact) mass is 280 g/mol. The smallest absolute Gasteiger partial charge is 0.0997 e. The zero-order chi connectivity index (χ0) is 11.7. The Hall–Kier alpha value is -1.13. The highest BCUT2D eigenvalue weighted by molar-refractivity contribution is 9.10. The van der Waals surface area contributed by atoms with Crippen molar-refractivity contribution < 1.29 is 5.11 Å². The zero-order valence-corrected chi connectivity index (χ0v) is 10.8. The number of aliphatic hydroxyl groups excluding tert-OH is 1. The van der Waals surface area contributed by atoms with Crippen LogP contribution in [-0.2, 0) is 6.61 Å². The second kappa shape index (κ2) is 4.39. The van der Waals surface area contributed by atoms with Crippen LogP contribution < -0.4 is 0 Å². The quantitative estimate of drug-likeness (QED) is 0.919. The average Bonchev–Trinajstić information content (AvgIpc) is 2.60. The van der Waals surface area contributed by atoms with Crippen molar-refractivity contribution in [3.63, 3.8) is 0 Å². The summed E-state index contributed by atoms with van der Waals surface area (Å²) in [4.78, 5) is 4.27. The summed E-state index contributed by atoms with van der Waals surface area (Å²) in [5, 5.41) is 9.04. The Balaban J connectivity index is 2.52. The van der Waals surface area contributed by atoms with Gasteiger partial charge in [0, 0.05) is 10.2 Å². The first-order valence-corrected chi connectivity index (χ1v) is 5.83. The molecule has 1 aromatic heterocycles. The predicted molar refractivity (Wildman–Crippen MR) is 66.7 cm³/mol. The molecule has 0 amide bonds. The van der Waals surface area contributed by atoms with Gasteiger partial charge in [-0.15, -0.1) is 0 Å². The molecule has 2 aromatic rings. The molecule has 1 N–H and O–H groups in total. The lowest BCUT2D eigenvalue weighted by molar-refractivity contribution is 0.282. The van der Waals surface area contributed by atoms with Crippen LogP contribution in [0.15, 0.2) is 29.0 Å². The lowest BCUT2D eigenvalue weighted by Crippen LogP contribution is -1.97. The number of aryl methyl sites for hydroxylation is 1. The number of rotatable bonds is 2. The zero-order valence-electron chi connectivity index (χ0n) is 9.24. The van der Waals surface area contributed by atoms with Gasteiger partial charge in [-0.1, -0.05) is 6.07 Å². The molecule has 0 aliphatic heterocycles. The predicted octanol–water partition coefficient (Wildman–Crippen LogP) is 2.74. The first kappa shape index (κ1) is 11.4. The Kier molecular flexibility index (Phi) is 3.12. The van der Waals surface area contributed by atoms with Gasteiger partial charge in [-0.3, -0.25) is 0 Å². The Labute approximate surface area is 103 Å². The summed E-state index contributed by atoms with van der Waals surface area (Å²) in [5.74, 6) is 0. The van der Waals surface area contributed by atoms with Gasteiger partial charge in [0.15, 0.2) is 0 Å². The van der Waals surface area contributed by atoms with E-state index < -0.39 is 0 Å². The number of aromatic nitrogens is 2. The van der Waals surface area contributed by atoms with E-state index in [0.717, 1.165) is 27.1 Å². The van der Waals surface area contributed by atoms with Crippen LogP contribution in [-0.4, -0.2) is 14.7 Å². The van der Waals surface area contributed by atoms with Crippen LogP contribution in [0.3, 0.4) is 0 Å². The molecule has 1 heterocycles. The summed E-state index contributed by atoms with van der Waals surface area (Å²) in [7, 11) is 0. The topological polar surface area (TPSA) is 38.0 Å². The molecule has 0 aliphatic rings. The fourth-order valence-electron chi connectivity index (χ4n) is 1.59. The van der Waals surface area contributed by atoms with Crippen molar-refractivity contribution in [3.05, 3.63) is 46.0 Å². The summed E-state index contributed by atoms with van der Waals surface area (Å²) >= 11 is 3.51. The molecule has 0 atom stereocenters. The van der Waals surface area contributed by atoms with Gasteiger partial charge in [0.25, 0.3) is 0 Å². The molecule has 2 rings (SSSR count). The van der Waals surface area contributed by atoms with Crippen LogP contribution in [0, 0.1) is 13.8 Å². The summed E-state index contributed by atoms with van der Waals surface area (Å²) < 4.78 is 2.99. The molecule has 0 unspecified atom stereocenters. The minimum atomic E-state index is 0.0564. The fraction of sp³-hybridized carbons (Fsp3) is 0.250. The third kappa shape index (κ3) is 1.90. The van der Waals surface area contributed by atoms with E-state index in [0.29, 0.717) is 0 Å². The number of nitrogens with zero attached hydrogens (tertiary/aromatic N) is 2. The average molecular weight is 281 g/mol. The van der Waals surface area contributed by atoms with Crippen LogP contribution in [0.2, 0.25) is 0 Å². The molecular weight excluding hydrogens is 268 g/mol. The van der Waals surface area contributed by atoms with E-state index in [2.05, 4.69) is 20.9 Å². The van der Waals surface area contributed by atoms with Gasteiger partial charge >= 0.3 is 0 Å². The molecule has 84 valence electrons. The van der Waals surface area contributed by atoms with Crippen LogP contribution in [0.1, 0.15) is 17.0 Å². The summed E-state index contributed by atoms with van der Waals surface area (Å²) in [6.45, 7) is 4.08. The Morgan fingerprint density at radius 2 is 2.12 bits per heavy atom. The first-order chi connectivity index (χ1) is 7.63. The maximum atomic E-state index is 9.04. The largest absolute Gasteiger partial charge is 0.392 e. The number of benzene rings is 1. The summed E-state index contributed by atoms with van der Waals surface area (Å²) in [6, 6.07) is 5.81. The van der Waals surface area contributed by atoms with Gasteiger partial charge in [-0.25, -0.2) is 4.98 Å². The van der Waals surface area contributed by atoms with Gasteiger partial charge < -0.3 is 9.67 Å². The SMILES string of the molecule is Cc1ncn(-c2ccc(CO)cc2Br)c1C. The molecule has 3 nitrogen and oxygen atoms in total. The van der Waals surface area contributed by atoms with Crippen molar-refractivity contribution >= 4 is 15.9 Å². The Morgan fingerprint density at radius 3 is 2.62 bits per heavy atom. The molecular formula is C12H13BrN2O. The van der Waals surface area contributed by atoms with E-state index in [9.17, 15) is 0 Å². The van der Waals surface area contributed by atoms with Crippen molar-refractivity contribution in [2.45, 2.75) is 20.5 Å². The number of hydrogen-bond donors (Lipinski definition) is 1. The van der Waals surface area contributed by atoms with Crippen LogP contribution in [0.5, 0.6) is 0 Å². The highest BCUT2D eigenvalue weighted by atomic mass is 79.9. The number of halogens is 1. The number of aliphatic hydroxyl groups is 1. The molecule has 0 saturated carbocycles. The minimum absolute atomic E-state index is 0.0564. The van der Waals surface area contributed by atoms with E-state index in [1.807, 2.05) is 42.9 Å². The molecule has 16 heavy (non-hydrogen) atoms. The van der Waals surface area contributed by atoms with Crippen molar-refractivity contribution in [1.82, 2.24) is 9.55 Å². The van der Waals surface area contributed by atoms with Crippen molar-refractivity contribution in [3.8, 4) is 5.69 Å². The van der Waals surface area contributed by atoms with Gasteiger partial charge in [0.2, 0.25) is 0 Å². The van der Waals surface area contributed by atoms with Gasteiger partial charge in [-0.2, -0.15) is 0 Å². The van der Waals surface area contributed by atoms with Crippen molar-refractivity contribution in [2.75, 3.05) is 0 Å².